The Bertz CT molecular complexity index is 1130. The van der Waals surface area contributed by atoms with Gasteiger partial charge in [-0.3, -0.25) is 0 Å². The molecule has 0 radical (unpaired) electrons. The summed E-state index contributed by atoms with van der Waals surface area (Å²) in [6.07, 6.45) is 0. The molecular formula is C31H50Cl2GeHf. The number of halogens is 2. The molecule has 0 aromatic heterocycles. The molecule has 0 heterocycles. The van der Waals surface area contributed by atoms with Crippen molar-refractivity contribution < 1.29 is 15.4 Å². The second kappa shape index (κ2) is 10.4. The van der Waals surface area contributed by atoms with Crippen LogP contribution in [0, 0.1) is 22.7 Å². The molecule has 2 aliphatic rings. The third-order valence-corrected chi connectivity index (χ3v) is 52.2. The summed E-state index contributed by atoms with van der Waals surface area (Å²) in [5.74, 6) is 1.08. The Morgan fingerprint density at radius 1 is 0.657 bits per heavy atom. The molecule has 2 unspecified atom stereocenters. The number of benzene rings is 1. The molecule has 35 heavy (non-hydrogen) atoms. The van der Waals surface area contributed by atoms with Crippen LogP contribution in [0.3, 0.4) is 0 Å². The van der Waals surface area contributed by atoms with E-state index in [-0.39, 0.29) is 35.6 Å². The normalized spacial score (nSPS) is 22.1. The molecule has 2 aliphatic carbocycles. The molecule has 0 N–H and O–H groups in total. The van der Waals surface area contributed by atoms with Gasteiger partial charge in [-0.15, -0.1) is 24.8 Å². The van der Waals surface area contributed by atoms with E-state index in [1.807, 2.05) is 6.66 Å². The van der Waals surface area contributed by atoms with Crippen LogP contribution in [0.15, 0.2) is 70.4 Å². The maximum absolute atomic E-state index is 3.95. The number of rotatable bonds is 3. The number of allylic oxidation sites excluding steroid dienone is 8. The first-order chi connectivity index (χ1) is 14.9. The van der Waals surface area contributed by atoms with Crippen LogP contribution in [-0.4, -0.2) is 12.2 Å². The molecule has 0 bridgehead atoms. The van der Waals surface area contributed by atoms with Crippen LogP contribution in [0.4, 0.5) is 0 Å². The van der Waals surface area contributed by atoms with Crippen LogP contribution >= 0.6 is 24.8 Å². The molecule has 3 rings (SSSR count). The zero-order chi connectivity index (χ0) is 25.3. The summed E-state index contributed by atoms with van der Waals surface area (Å²) < 4.78 is 8.23. The Morgan fingerprint density at radius 2 is 0.971 bits per heavy atom. The smallest absolute Gasteiger partial charge is 0.147 e. The van der Waals surface area contributed by atoms with Crippen LogP contribution in [-0.2, 0) is 15.4 Å². The summed E-state index contributed by atoms with van der Waals surface area (Å²) in [6.45, 7) is 29.3. The molecule has 0 amide bonds. The van der Waals surface area contributed by atoms with Crippen molar-refractivity contribution in [2.24, 2.45) is 22.7 Å². The summed E-state index contributed by atoms with van der Waals surface area (Å²) in [7, 11) is 0. The van der Waals surface area contributed by atoms with Crippen LogP contribution in [0.25, 0.3) is 0 Å². The molecule has 1 aromatic rings. The first kappa shape index (κ1) is 33.2. The molecule has 2 atom stereocenters. The number of hydrogen-bond donors (Lipinski definition) is 0. The van der Waals surface area contributed by atoms with E-state index in [4.69, 9.17) is 0 Å². The van der Waals surface area contributed by atoms with Crippen molar-refractivity contribution in [1.29, 1.82) is 0 Å². The van der Waals surface area contributed by atoms with Gasteiger partial charge in [-0.2, -0.15) is 0 Å². The third kappa shape index (κ3) is 4.99. The van der Waals surface area contributed by atoms with E-state index < -0.39 is 15.4 Å². The van der Waals surface area contributed by atoms with Crippen molar-refractivity contribution >= 4 is 40.4 Å². The van der Waals surface area contributed by atoms with Gasteiger partial charge in [0.2, 0.25) is 0 Å². The van der Waals surface area contributed by atoms with Crippen molar-refractivity contribution in [3.8, 4) is 0 Å². The second-order valence-electron chi connectivity index (χ2n) is 13.5. The molecule has 0 saturated heterocycles. The summed E-state index contributed by atoms with van der Waals surface area (Å²) in [5, 5.41) is 0. The maximum atomic E-state index is 2.81. The van der Waals surface area contributed by atoms with E-state index >= 15 is 0 Å². The largest absolute Gasteiger partial charge is 0.147 e. The Morgan fingerprint density at radius 3 is 1.23 bits per heavy atom. The zero-order valence-electron chi connectivity index (χ0n) is 24.6. The second-order valence-corrected chi connectivity index (χ2v) is 64.2. The summed E-state index contributed by atoms with van der Waals surface area (Å²) in [4.78, 5) is 0. The van der Waals surface area contributed by atoms with Crippen molar-refractivity contribution in [2.45, 2.75) is 87.8 Å². The minimum Gasteiger partial charge on any atom is -0.147 e. The van der Waals surface area contributed by atoms with Gasteiger partial charge in [0, 0.05) is 0 Å². The minimum absolute atomic E-state index is 0. The van der Waals surface area contributed by atoms with Gasteiger partial charge in [-0.05, 0) is 0 Å². The van der Waals surface area contributed by atoms with E-state index in [1.165, 1.54) is 12.2 Å². The Balaban J connectivity index is 0.00000306. The zero-order valence-corrected chi connectivity index (χ0v) is 32.8. The van der Waals surface area contributed by atoms with Crippen LogP contribution in [0.5, 0.6) is 0 Å². The van der Waals surface area contributed by atoms with Crippen LogP contribution in [0.2, 0.25) is 4.68 Å². The fourth-order valence-electron chi connectivity index (χ4n) is 8.22. The van der Waals surface area contributed by atoms with E-state index in [0.717, 1.165) is 0 Å². The molecule has 0 aliphatic heterocycles. The molecule has 1 aromatic carbocycles. The predicted octanol–water partition coefficient (Wildman–Crippen LogP) is 9.01. The van der Waals surface area contributed by atoms with E-state index in [2.05, 4.69) is 118 Å². The van der Waals surface area contributed by atoms with E-state index in [9.17, 15) is 0 Å². The monoisotopic (exact) mass is 746 g/mol. The average Bonchev–Trinajstić information content (AvgIpc) is 3.04. The Labute approximate surface area is 234 Å². The SMILES string of the molecule is CC1=[C]([Hf]([CH3])(=[GeH2])([C]2=C(C)C(C(C)(C)C)=C(C)C2C)[c]2ccccc2)C(C)C(C)=C1C(C)(C)C.Cl.Cl. The molecule has 4 heteroatoms. The van der Waals surface area contributed by atoms with Gasteiger partial charge >= 0.3 is 212 Å². The Kier molecular flexibility index (Phi) is 9.85. The van der Waals surface area contributed by atoms with Gasteiger partial charge in [0.05, 0.1) is 0 Å². The maximum Gasteiger partial charge on any atom is -0.147 e. The van der Waals surface area contributed by atoms with Gasteiger partial charge in [0.25, 0.3) is 0 Å². The molecule has 0 fully saturated rings. The van der Waals surface area contributed by atoms with Gasteiger partial charge in [0.1, 0.15) is 0 Å². The van der Waals surface area contributed by atoms with Crippen molar-refractivity contribution in [2.75, 3.05) is 0 Å². The van der Waals surface area contributed by atoms with Crippen molar-refractivity contribution in [3.63, 3.8) is 0 Å². The Hall–Kier alpha value is 0.173. The molecule has 196 valence electrons. The van der Waals surface area contributed by atoms with Crippen LogP contribution < -0.4 is 3.32 Å². The fraction of sp³-hybridized carbons (Fsp3) is 0.548. The number of hydrogen-bond acceptors (Lipinski definition) is 0. The third-order valence-electron chi connectivity index (χ3n) is 9.03. The summed E-state index contributed by atoms with van der Waals surface area (Å²) in [6, 6.07) is 11.8. The van der Waals surface area contributed by atoms with Crippen LogP contribution in [0.1, 0.15) is 83.1 Å². The molecule has 0 nitrogen and oxygen atoms in total. The van der Waals surface area contributed by atoms with Crippen molar-refractivity contribution in [1.82, 2.24) is 0 Å². The van der Waals surface area contributed by atoms with Gasteiger partial charge in [-0.25, -0.2) is 0 Å². The molecule has 0 saturated carbocycles. The standard InChI is InChI=1S/2C12H19.C6H5.CH3.2ClH.GeH2.Hf/c2*1-8-7-9(2)11(10(8)3)12(4,5)6;1-2-4-6-5-3-1;;;;;/h2*8H,1-6H3;1-5H;1H3;2*1H;1H2;. The van der Waals surface area contributed by atoms with Crippen molar-refractivity contribution in [3.05, 3.63) is 70.4 Å². The molecule has 0 spiro atoms. The topological polar surface area (TPSA) is 0 Å². The van der Waals surface area contributed by atoms with Gasteiger partial charge in [-0.1, -0.05) is 0 Å². The average molecular weight is 745 g/mol. The first-order valence-corrected chi connectivity index (χ1v) is 36.5. The predicted molar refractivity (Wildman–Crippen MR) is 163 cm³/mol. The first-order valence-electron chi connectivity index (χ1n) is 12.8. The minimum atomic E-state index is -3.95. The summed E-state index contributed by atoms with van der Waals surface area (Å²) in [5.41, 5.74) is 10.1. The van der Waals surface area contributed by atoms with Gasteiger partial charge < -0.3 is 0 Å². The van der Waals surface area contributed by atoms with E-state index in [1.54, 1.807) is 36.8 Å². The van der Waals surface area contributed by atoms with Gasteiger partial charge in [0.15, 0.2) is 0 Å². The summed E-state index contributed by atoms with van der Waals surface area (Å²) >= 11 is -2.55. The molecular weight excluding hydrogens is 694 g/mol. The van der Waals surface area contributed by atoms with E-state index in [0.29, 0.717) is 11.8 Å². The quantitative estimate of drug-likeness (QED) is 0.271. The fourth-order valence-corrected chi connectivity index (χ4v) is 57.3.